The van der Waals surface area contributed by atoms with E-state index in [0.29, 0.717) is 24.8 Å². The molecule has 0 aliphatic carbocycles. The van der Waals surface area contributed by atoms with Crippen molar-refractivity contribution in [3.05, 3.63) is 0 Å². The van der Waals surface area contributed by atoms with Gasteiger partial charge in [0.15, 0.2) is 0 Å². The minimum atomic E-state index is -4.66. The van der Waals surface area contributed by atoms with E-state index >= 15 is 0 Å². The van der Waals surface area contributed by atoms with E-state index in [9.17, 15) is 19.2 Å². The SMILES string of the molecule is CCC[CH2][Ti]([CH]=O)([CH]=O)([CH]=O)[CH]=O. The number of hydrogen-bond donors (Lipinski definition) is 0. The Morgan fingerprint density at radius 3 is 1.54 bits per heavy atom. The van der Waals surface area contributed by atoms with Crippen molar-refractivity contribution < 1.29 is 34.5 Å². The molecule has 0 bridgehead atoms. The van der Waals surface area contributed by atoms with Crippen molar-refractivity contribution in [3.63, 3.8) is 0 Å². The van der Waals surface area contributed by atoms with Crippen molar-refractivity contribution in [1.29, 1.82) is 0 Å². The monoisotopic (exact) mass is 221 g/mol. The third kappa shape index (κ3) is 2.20. The number of unbranched alkanes of at least 4 members (excludes halogenated alkanes) is 1. The second kappa shape index (κ2) is 4.58. The van der Waals surface area contributed by atoms with E-state index in [-0.39, 0.29) is 4.73 Å². The summed E-state index contributed by atoms with van der Waals surface area (Å²) in [7, 11) is 0. The molecule has 13 heavy (non-hydrogen) atoms. The molecule has 0 atom stereocenters. The Labute approximate surface area is 77.6 Å². The molecule has 4 nitrogen and oxygen atoms in total. The van der Waals surface area contributed by atoms with E-state index in [1.165, 1.54) is 0 Å². The minimum absolute atomic E-state index is 0.147. The van der Waals surface area contributed by atoms with Gasteiger partial charge in [-0.2, -0.15) is 0 Å². The second-order valence-corrected chi connectivity index (χ2v) is 11.3. The topological polar surface area (TPSA) is 68.3 Å². The van der Waals surface area contributed by atoms with Crippen molar-refractivity contribution >= 4 is 18.4 Å². The summed E-state index contributed by atoms with van der Waals surface area (Å²) in [5.41, 5.74) is 0. The van der Waals surface area contributed by atoms with E-state index in [4.69, 9.17) is 0 Å². The van der Waals surface area contributed by atoms with E-state index in [0.717, 1.165) is 6.42 Å². The molecule has 0 aromatic heterocycles. The van der Waals surface area contributed by atoms with E-state index in [2.05, 4.69) is 0 Å². The van der Waals surface area contributed by atoms with Gasteiger partial charge in [0.1, 0.15) is 0 Å². The van der Waals surface area contributed by atoms with Crippen LogP contribution in [0.3, 0.4) is 0 Å². The van der Waals surface area contributed by atoms with Crippen LogP contribution in [-0.2, 0) is 34.5 Å². The summed E-state index contributed by atoms with van der Waals surface area (Å²) in [5, 5.41) is 0. The van der Waals surface area contributed by atoms with Crippen LogP contribution in [0.5, 0.6) is 0 Å². The van der Waals surface area contributed by atoms with Crippen LogP contribution in [0, 0.1) is 0 Å². The van der Waals surface area contributed by atoms with Gasteiger partial charge in [0.25, 0.3) is 0 Å². The fourth-order valence-electron chi connectivity index (χ4n) is 0.987. The summed E-state index contributed by atoms with van der Waals surface area (Å²) in [6.45, 7) is 1.87. The average molecular weight is 221 g/mol. The molecule has 0 rings (SSSR count). The summed E-state index contributed by atoms with van der Waals surface area (Å²) in [6.07, 6.45) is 1.31. The molecule has 0 spiro atoms. The van der Waals surface area contributed by atoms with E-state index in [1.54, 1.807) is 0 Å². The van der Waals surface area contributed by atoms with Gasteiger partial charge in [0.05, 0.1) is 0 Å². The average Bonchev–Trinajstić information content (AvgIpc) is 2.23. The summed E-state index contributed by atoms with van der Waals surface area (Å²) < 4.78 is 1.42. The van der Waals surface area contributed by atoms with E-state index < -0.39 is 15.3 Å². The Kier molecular flexibility index (Phi) is 4.37. The van der Waals surface area contributed by atoms with Crippen molar-refractivity contribution in [2.45, 2.75) is 24.5 Å². The van der Waals surface area contributed by atoms with Crippen molar-refractivity contribution in [2.24, 2.45) is 0 Å². The first-order chi connectivity index (χ1) is 6.12. The normalized spacial score (nSPS) is 13.8. The molecule has 0 N–H and O–H groups in total. The van der Waals surface area contributed by atoms with Crippen LogP contribution in [0.25, 0.3) is 0 Å². The van der Waals surface area contributed by atoms with Crippen LogP contribution >= 0.6 is 0 Å². The van der Waals surface area contributed by atoms with Gasteiger partial charge < -0.3 is 0 Å². The third-order valence-corrected chi connectivity index (χ3v) is 8.20. The van der Waals surface area contributed by atoms with Crippen LogP contribution in [-0.4, -0.2) is 18.4 Å². The first-order valence-electron chi connectivity index (χ1n) is 4.16. The number of hydrogen-bond acceptors (Lipinski definition) is 4. The molecule has 0 heterocycles. The maximum atomic E-state index is 10.7. The zero-order valence-electron chi connectivity index (χ0n) is 7.56. The number of rotatable bonds is 7. The Hall–Kier alpha value is -0.606. The molecular weight excluding hydrogens is 208 g/mol. The molecule has 0 aliphatic rings. The predicted molar refractivity (Wildman–Crippen MR) is 46.7 cm³/mol. The summed E-state index contributed by atoms with van der Waals surface area (Å²) >= 11 is -4.66. The molecular formula is C8H13O4Ti. The van der Waals surface area contributed by atoms with Gasteiger partial charge in [-0.05, 0) is 0 Å². The predicted octanol–water partition coefficient (Wildman–Crippen LogP) is 0.655. The van der Waals surface area contributed by atoms with Gasteiger partial charge in [-0.1, -0.05) is 0 Å². The fraction of sp³-hybridized carbons (Fsp3) is 0.500. The van der Waals surface area contributed by atoms with Gasteiger partial charge in [-0.3, -0.25) is 0 Å². The van der Waals surface area contributed by atoms with Gasteiger partial charge in [0, 0.05) is 0 Å². The molecule has 0 radical (unpaired) electrons. The van der Waals surface area contributed by atoms with Crippen LogP contribution in [0.1, 0.15) is 19.8 Å². The molecule has 0 saturated carbocycles. The van der Waals surface area contributed by atoms with Crippen LogP contribution in [0.2, 0.25) is 4.73 Å². The van der Waals surface area contributed by atoms with Gasteiger partial charge in [-0.25, -0.2) is 0 Å². The molecule has 0 amide bonds. The summed E-state index contributed by atoms with van der Waals surface area (Å²) in [6, 6.07) is 0. The van der Waals surface area contributed by atoms with Crippen LogP contribution in [0.4, 0.5) is 0 Å². The Morgan fingerprint density at radius 2 is 1.31 bits per heavy atom. The molecule has 0 aromatic rings. The van der Waals surface area contributed by atoms with Crippen molar-refractivity contribution in [3.8, 4) is 0 Å². The Balaban J connectivity index is 5.06. The molecule has 0 saturated heterocycles. The zero-order valence-corrected chi connectivity index (χ0v) is 9.13. The van der Waals surface area contributed by atoms with Gasteiger partial charge >= 0.3 is 77.3 Å². The molecule has 0 aromatic carbocycles. The van der Waals surface area contributed by atoms with Gasteiger partial charge in [0.2, 0.25) is 0 Å². The fourth-order valence-corrected chi connectivity index (χ4v) is 4.07. The molecule has 5 heteroatoms. The van der Waals surface area contributed by atoms with E-state index in [1.807, 2.05) is 6.92 Å². The van der Waals surface area contributed by atoms with Crippen LogP contribution < -0.4 is 0 Å². The molecule has 73 valence electrons. The molecule has 0 unspecified atom stereocenters. The molecule has 0 aliphatic heterocycles. The molecule has 0 fully saturated rings. The third-order valence-electron chi connectivity index (χ3n) is 2.26. The Bertz CT molecular complexity index is 193. The Morgan fingerprint density at radius 1 is 0.923 bits per heavy atom. The quantitative estimate of drug-likeness (QED) is 0.467. The van der Waals surface area contributed by atoms with Gasteiger partial charge in [-0.15, -0.1) is 0 Å². The standard InChI is InChI=1S/C4H9.4CHO.Ti/c1-3-4-2;4*1-2;/h1,3-4H2,2H3;4*1H;. The first kappa shape index (κ1) is 12.4. The number of carbonyl (C=O) groups excluding carboxylic acids is 4. The maximum absolute atomic E-state index is 10.7. The summed E-state index contributed by atoms with van der Waals surface area (Å²) in [4.78, 5) is 43.0. The number of carbonyl (C=O) groups is 4. The van der Waals surface area contributed by atoms with Crippen molar-refractivity contribution in [2.75, 3.05) is 0 Å². The summed E-state index contributed by atoms with van der Waals surface area (Å²) in [5.74, 6) is 0. The first-order valence-corrected chi connectivity index (χ1v) is 8.87. The van der Waals surface area contributed by atoms with Crippen molar-refractivity contribution in [1.82, 2.24) is 0 Å². The van der Waals surface area contributed by atoms with Crippen LogP contribution in [0.15, 0.2) is 0 Å². The zero-order chi connectivity index (χ0) is 10.4. The second-order valence-electron chi connectivity index (χ2n) is 3.39.